The largest absolute Gasteiger partial charge is 0.361 e. The Morgan fingerprint density at radius 2 is 2.25 bits per heavy atom. The Balaban J connectivity index is 1.67. The molecule has 0 aromatic carbocycles. The number of likely N-dealkylation sites (tertiary alicyclic amines) is 1. The molecule has 1 saturated heterocycles. The van der Waals surface area contributed by atoms with E-state index in [0.29, 0.717) is 5.92 Å². The van der Waals surface area contributed by atoms with Crippen LogP contribution in [0.2, 0.25) is 0 Å². The summed E-state index contributed by atoms with van der Waals surface area (Å²) in [5.41, 5.74) is 3.12. The Morgan fingerprint density at radius 1 is 1.35 bits per heavy atom. The second-order valence-electron chi connectivity index (χ2n) is 5.59. The highest BCUT2D eigenvalue weighted by atomic mass is 16.5. The van der Waals surface area contributed by atoms with Crippen LogP contribution in [0.5, 0.6) is 0 Å². The molecule has 0 saturated carbocycles. The van der Waals surface area contributed by atoms with Crippen LogP contribution >= 0.6 is 0 Å². The predicted molar refractivity (Wildman–Crippen MR) is 75.3 cm³/mol. The van der Waals surface area contributed by atoms with E-state index >= 15 is 0 Å². The van der Waals surface area contributed by atoms with Gasteiger partial charge in [-0.25, -0.2) is 0 Å². The van der Waals surface area contributed by atoms with Gasteiger partial charge in [0.15, 0.2) is 0 Å². The van der Waals surface area contributed by atoms with Gasteiger partial charge in [-0.1, -0.05) is 5.16 Å². The fraction of sp³-hybridized carbons (Fsp3) is 0.533. The third kappa shape index (κ3) is 3.04. The molecule has 106 valence electrons. The van der Waals surface area contributed by atoms with Crippen molar-refractivity contribution in [3.05, 3.63) is 41.3 Å². The summed E-state index contributed by atoms with van der Waals surface area (Å²) in [5.74, 6) is 1.35. The number of aromatic nitrogens is 3. The zero-order chi connectivity index (χ0) is 13.9. The quantitative estimate of drug-likeness (QED) is 0.859. The third-order valence-corrected chi connectivity index (χ3v) is 3.76. The van der Waals surface area contributed by atoms with Crippen LogP contribution in [0.15, 0.2) is 23.0 Å². The van der Waals surface area contributed by atoms with Gasteiger partial charge in [0.1, 0.15) is 5.76 Å². The average molecular weight is 272 g/mol. The van der Waals surface area contributed by atoms with Gasteiger partial charge in [0, 0.05) is 37.5 Å². The maximum absolute atomic E-state index is 5.13. The Labute approximate surface area is 119 Å². The second kappa shape index (κ2) is 5.71. The van der Waals surface area contributed by atoms with Gasteiger partial charge >= 0.3 is 0 Å². The first-order valence-electron chi connectivity index (χ1n) is 7.14. The Kier molecular flexibility index (Phi) is 3.78. The molecule has 3 heterocycles. The van der Waals surface area contributed by atoms with Crippen molar-refractivity contribution < 1.29 is 4.52 Å². The molecule has 2 aromatic heterocycles. The molecule has 1 aliphatic heterocycles. The van der Waals surface area contributed by atoms with Crippen molar-refractivity contribution in [3.63, 3.8) is 0 Å². The van der Waals surface area contributed by atoms with Crippen LogP contribution in [-0.2, 0) is 6.54 Å². The number of rotatable bonds is 3. The lowest BCUT2D eigenvalue weighted by Gasteiger charge is -2.31. The first kappa shape index (κ1) is 13.2. The Morgan fingerprint density at radius 3 is 3.00 bits per heavy atom. The van der Waals surface area contributed by atoms with Gasteiger partial charge in [0.25, 0.3) is 0 Å². The molecule has 0 N–H and O–H groups in total. The zero-order valence-corrected chi connectivity index (χ0v) is 12.0. The molecule has 1 aliphatic rings. The normalized spacial score (nSPS) is 20.2. The minimum atomic E-state index is 0.476. The van der Waals surface area contributed by atoms with Crippen LogP contribution in [0.3, 0.4) is 0 Å². The highest BCUT2D eigenvalue weighted by molar-refractivity contribution is 5.10. The summed E-state index contributed by atoms with van der Waals surface area (Å²) in [6, 6.07) is 2.01. The molecule has 0 bridgehead atoms. The third-order valence-electron chi connectivity index (χ3n) is 3.76. The van der Waals surface area contributed by atoms with Gasteiger partial charge in [-0.2, -0.15) is 0 Å². The molecule has 1 atom stereocenters. The van der Waals surface area contributed by atoms with Crippen molar-refractivity contribution in [1.82, 2.24) is 20.0 Å². The van der Waals surface area contributed by atoms with Crippen LogP contribution in [0.4, 0.5) is 0 Å². The van der Waals surface area contributed by atoms with Gasteiger partial charge in [-0.05, 0) is 33.2 Å². The molecule has 5 heteroatoms. The zero-order valence-electron chi connectivity index (χ0n) is 12.0. The highest BCUT2D eigenvalue weighted by Gasteiger charge is 2.23. The van der Waals surface area contributed by atoms with Gasteiger partial charge in [-0.15, -0.1) is 0 Å². The highest BCUT2D eigenvalue weighted by Crippen LogP contribution is 2.26. The first-order chi connectivity index (χ1) is 9.70. The molecule has 20 heavy (non-hydrogen) atoms. The average Bonchev–Trinajstić information content (AvgIpc) is 2.84. The lowest BCUT2D eigenvalue weighted by atomic mass is 9.95. The summed E-state index contributed by atoms with van der Waals surface area (Å²) in [4.78, 5) is 11.3. The first-order valence-corrected chi connectivity index (χ1v) is 7.14. The summed E-state index contributed by atoms with van der Waals surface area (Å²) in [7, 11) is 0. The van der Waals surface area contributed by atoms with Crippen molar-refractivity contribution >= 4 is 0 Å². The fourth-order valence-corrected chi connectivity index (χ4v) is 2.84. The number of aryl methyl sites for hydroxylation is 2. The minimum Gasteiger partial charge on any atom is -0.361 e. The van der Waals surface area contributed by atoms with Crippen molar-refractivity contribution in [3.8, 4) is 0 Å². The maximum atomic E-state index is 5.13. The maximum Gasteiger partial charge on any atom is 0.133 e. The molecular formula is C15H20N4O. The van der Waals surface area contributed by atoms with E-state index < -0.39 is 0 Å². The number of nitrogens with zero attached hydrogens (tertiary/aromatic N) is 4. The smallest absolute Gasteiger partial charge is 0.133 e. The van der Waals surface area contributed by atoms with Crippen molar-refractivity contribution in [2.75, 3.05) is 13.1 Å². The van der Waals surface area contributed by atoms with E-state index in [0.717, 1.165) is 42.5 Å². The van der Waals surface area contributed by atoms with Gasteiger partial charge < -0.3 is 4.52 Å². The topological polar surface area (TPSA) is 55.1 Å². The molecular weight excluding hydrogens is 252 g/mol. The fourth-order valence-electron chi connectivity index (χ4n) is 2.84. The number of piperidine rings is 1. The van der Waals surface area contributed by atoms with Gasteiger partial charge in [0.2, 0.25) is 0 Å². The number of hydrogen-bond acceptors (Lipinski definition) is 5. The molecule has 5 nitrogen and oxygen atoms in total. The van der Waals surface area contributed by atoms with Crippen molar-refractivity contribution in [1.29, 1.82) is 0 Å². The van der Waals surface area contributed by atoms with E-state index in [1.165, 1.54) is 12.8 Å². The summed E-state index contributed by atoms with van der Waals surface area (Å²) in [6.07, 6.45) is 6.09. The van der Waals surface area contributed by atoms with E-state index in [4.69, 9.17) is 4.52 Å². The SMILES string of the molecule is Cc1cncc(C2CCCN(Cc3cc(C)on3)C2)n1. The molecule has 3 rings (SSSR count). The molecule has 2 aromatic rings. The standard InChI is InChI=1S/C15H20N4O/c1-11-7-16-8-15(17-11)13-4-3-5-19(9-13)10-14-6-12(2)20-18-14/h6-8,13H,3-5,9-10H2,1-2H3. The number of hydrogen-bond donors (Lipinski definition) is 0. The van der Waals surface area contributed by atoms with Crippen molar-refractivity contribution in [2.45, 2.75) is 39.2 Å². The molecule has 1 unspecified atom stereocenters. The van der Waals surface area contributed by atoms with E-state index in [1.807, 2.05) is 32.3 Å². The van der Waals surface area contributed by atoms with E-state index in [2.05, 4.69) is 20.0 Å². The van der Waals surface area contributed by atoms with Crippen LogP contribution < -0.4 is 0 Å². The summed E-state index contributed by atoms with van der Waals surface area (Å²) < 4.78 is 5.13. The van der Waals surface area contributed by atoms with Crippen LogP contribution in [0.25, 0.3) is 0 Å². The lowest BCUT2D eigenvalue weighted by molar-refractivity contribution is 0.193. The molecule has 0 amide bonds. The van der Waals surface area contributed by atoms with Gasteiger partial charge in [-0.3, -0.25) is 14.9 Å². The molecule has 0 spiro atoms. The lowest BCUT2D eigenvalue weighted by Crippen LogP contribution is -2.34. The van der Waals surface area contributed by atoms with Gasteiger partial charge in [0.05, 0.1) is 17.1 Å². The summed E-state index contributed by atoms with van der Waals surface area (Å²) in [5, 5.41) is 4.08. The van der Waals surface area contributed by atoms with Crippen molar-refractivity contribution in [2.24, 2.45) is 0 Å². The summed E-state index contributed by atoms with van der Waals surface area (Å²) >= 11 is 0. The second-order valence-corrected chi connectivity index (χ2v) is 5.59. The molecule has 0 aliphatic carbocycles. The summed E-state index contributed by atoms with van der Waals surface area (Å²) in [6.45, 7) is 6.91. The molecule has 0 radical (unpaired) electrons. The Hall–Kier alpha value is -1.75. The van der Waals surface area contributed by atoms with E-state index in [9.17, 15) is 0 Å². The van der Waals surface area contributed by atoms with E-state index in [1.54, 1.807) is 0 Å². The van der Waals surface area contributed by atoms with Crippen LogP contribution in [0, 0.1) is 13.8 Å². The Bertz CT molecular complexity index is 581. The van der Waals surface area contributed by atoms with E-state index in [-0.39, 0.29) is 0 Å². The van der Waals surface area contributed by atoms with Crippen LogP contribution in [-0.4, -0.2) is 33.1 Å². The monoisotopic (exact) mass is 272 g/mol. The minimum absolute atomic E-state index is 0.476. The predicted octanol–water partition coefficient (Wildman–Crippen LogP) is 2.46. The van der Waals surface area contributed by atoms with Crippen LogP contribution in [0.1, 0.15) is 41.6 Å². The molecule has 1 fully saturated rings.